The molecule has 6 heteroatoms. The first-order valence-corrected chi connectivity index (χ1v) is 10.7. The van der Waals surface area contributed by atoms with Gasteiger partial charge in [0.2, 0.25) is 0 Å². The molecule has 0 unspecified atom stereocenters. The molecule has 1 heterocycles. The van der Waals surface area contributed by atoms with Crippen LogP contribution in [-0.4, -0.2) is 22.8 Å². The first kappa shape index (κ1) is 19.5. The van der Waals surface area contributed by atoms with Crippen LogP contribution in [0.1, 0.15) is 12.5 Å². The molecule has 1 amide bonds. The third-order valence-electron chi connectivity index (χ3n) is 3.83. The summed E-state index contributed by atoms with van der Waals surface area (Å²) >= 11 is 3.08. The summed E-state index contributed by atoms with van der Waals surface area (Å²) in [6, 6.07) is 16.1. The number of hydrogen-bond donors (Lipinski definition) is 0. The Bertz CT molecular complexity index is 990. The number of carbonyl (C=O) groups excluding carboxylic acids is 1. The van der Waals surface area contributed by atoms with E-state index in [2.05, 4.69) is 23.7 Å². The molecule has 1 aromatic heterocycles. The lowest BCUT2D eigenvalue weighted by Gasteiger charge is -2.04. The van der Waals surface area contributed by atoms with Gasteiger partial charge < -0.3 is 9.30 Å². The number of amides is 1. The number of carbonyl (C=O) groups is 1. The molecule has 140 valence electrons. The minimum atomic E-state index is -0.120. The number of hydrogen-bond acceptors (Lipinski definition) is 4. The van der Waals surface area contributed by atoms with Gasteiger partial charge in [0.15, 0.2) is 4.80 Å². The summed E-state index contributed by atoms with van der Waals surface area (Å²) in [6.45, 7) is 7.01. The van der Waals surface area contributed by atoms with Crippen LogP contribution in [0.25, 0.3) is 10.2 Å². The van der Waals surface area contributed by atoms with Crippen molar-refractivity contribution in [3.05, 3.63) is 71.6 Å². The maximum Gasteiger partial charge on any atom is 0.258 e. The van der Waals surface area contributed by atoms with E-state index in [0.29, 0.717) is 23.7 Å². The van der Waals surface area contributed by atoms with Crippen molar-refractivity contribution in [1.82, 2.24) is 4.57 Å². The van der Waals surface area contributed by atoms with Gasteiger partial charge in [-0.05, 0) is 30.7 Å². The van der Waals surface area contributed by atoms with Crippen LogP contribution in [0.5, 0.6) is 5.75 Å². The maximum absolute atomic E-state index is 12.4. The van der Waals surface area contributed by atoms with Gasteiger partial charge in [-0.15, -0.1) is 18.3 Å². The molecule has 0 saturated heterocycles. The van der Waals surface area contributed by atoms with Gasteiger partial charge >= 0.3 is 0 Å². The Morgan fingerprint density at radius 2 is 2.11 bits per heavy atom. The van der Waals surface area contributed by atoms with Crippen molar-refractivity contribution in [2.75, 3.05) is 12.4 Å². The SMILES string of the molecule is C=CCn1c(=NC(=O)CSCc2ccccc2)sc2cc(OCC)ccc21. The van der Waals surface area contributed by atoms with Crippen LogP contribution in [0.2, 0.25) is 0 Å². The van der Waals surface area contributed by atoms with E-state index in [9.17, 15) is 4.79 Å². The maximum atomic E-state index is 12.4. The quantitative estimate of drug-likeness (QED) is 0.519. The van der Waals surface area contributed by atoms with E-state index in [4.69, 9.17) is 4.74 Å². The van der Waals surface area contributed by atoms with Crippen molar-refractivity contribution < 1.29 is 9.53 Å². The van der Waals surface area contributed by atoms with Gasteiger partial charge in [0.25, 0.3) is 5.91 Å². The van der Waals surface area contributed by atoms with Crippen LogP contribution in [-0.2, 0) is 17.1 Å². The number of benzene rings is 2. The number of nitrogens with zero attached hydrogens (tertiary/aromatic N) is 2. The van der Waals surface area contributed by atoms with Crippen LogP contribution in [0.15, 0.2) is 66.2 Å². The number of thiazole rings is 1. The number of fused-ring (bicyclic) bond motifs is 1. The summed E-state index contributed by atoms with van der Waals surface area (Å²) < 4.78 is 8.64. The number of thioether (sulfide) groups is 1. The lowest BCUT2D eigenvalue weighted by Crippen LogP contribution is -2.16. The Kier molecular flexibility index (Phi) is 6.90. The molecule has 0 spiro atoms. The average Bonchev–Trinajstić information content (AvgIpc) is 3.00. The topological polar surface area (TPSA) is 43.6 Å². The molecule has 4 nitrogen and oxygen atoms in total. The van der Waals surface area contributed by atoms with Crippen molar-refractivity contribution in [1.29, 1.82) is 0 Å². The van der Waals surface area contributed by atoms with Crippen molar-refractivity contribution in [2.24, 2.45) is 4.99 Å². The van der Waals surface area contributed by atoms with Gasteiger partial charge in [0, 0.05) is 12.3 Å². The summed E-state index contributed by atoms with van der Waals surface area (Å²) in [6.07, 6.45) is 1.82. The predicted molar refractivity (Wildman–Crippen MR) is 114 cm³/mol. The summed E-state index contributed by atoms with van der Waals surface area (Å²) in [5.74, 6) is 1.87. The highest BCUT2D eigenvalue weighted by atomic mass is 32.2. The second-order valence-electron chi connectivity index (χ2n) is 5.83. The molecule has 2 aromatic carbocycles. The number of rotatable bonds is 8. The van der Waals surface area contributed by atoms with Crippen molar-refractivity contribution in [3.8, 4) is 5.75 Å². The zero-order chi connectivity index (χ0) is 19.1. The Balaban J connectivity index is 1.79. The first-order valence-electron chi connectivity index (χ1n) is 8.77. The molecule has 0 bridgehead atoms. The third kappa shape index (κ3) is 5.11. The highest BCUT2D eigenvalue weighted by molar-refractivity contribution is 7.99. The van der Waals surface area contributed by atoms with Crippen LogP contribution in [0.4, 0.5) is 0 Å². The zero-order valence-corrected chi connectivity index (χ0v) is 16.9. The molecule has 0 fully saturated rings. The molecule has 0 atom stereocenters. The smallest absolute Gasteiger partial charge is 0.258 e. The fraction of sp³-hybridized carbons (Fsp3) is 0.238. The van der Waals surface area contributed by atoms with Gasteiger partial charge in [-0.1, -0.05) is 47.7 Å². The second-order valence-corrected chi connectivity index (χ2v) is 7.83. The van der Waals surface area contributed by atoms with Gasteiger partial charge in [0.1, 0.15) is 5.75 Å². The van der Waals surface area contributed by atoms with Crippen LogP contribution >= 0.6 is 23.1 Å². The molecule has 0 N–H and O–H groups in total. The van der Waals surface area contributed by atoms with Gasteiger partial charge in [-0.25, -0.2) is 0 Å². The fourth-order valence-electron chi connectivity index (χ4n) is 2.67. The minimum absolute atomic E-state index is 0.120. The lowest BCUT2D eigenvalue weighted by atomic mass is 10.2. The molecule has 3 aromatic rings. The molecule has 0 radical (unpaired) electrons. The average molecular weight is 399 g/mol. The van der Waals surface area contributed by atoms with Crippen molar-refractivity contribution in [2.45, 2.75) is 19.2 Å². The number of allylic oxidation sites excluding steroid dienone is 1. The van der Waals surface area contributed by atoms with Gasteiger partial charge in [-0.3, -0.25) is 4.79 Å². The van der Waals surface area contributed by atoms with E-state index >= 15 is 0 Å². The summed E-state index contributed by atoms with van der Waals surface area (Å²) in [5, 5.41) is 0. The highest BCUT2D eigenvalue weighted by Crippen LogP contribution is 2.23. The van der Waals surface area contributed by atoms with Gasteiger partial charge in [-0.2, -0.15) is 4.99 Å². The molecule has 0 aliphatic carbocycles. The Morgan fingerprint density at radius 1 is 1.30 bits per heavy atom. The molecule has 0 aliphatic rings. The van der Waals surface area contributed by atoms with E-state index in [1.807, 2.05) is 54.0 Å². The minimum Gasteiger partial charge on any atom is -0.494 e. The monoisotopic (exact) mass is 398 g/mol. The predicted octanol–water partition coefficient (Wildman–Crippen LogP) is 4.65. The molecular formula is C21H22N2O2S2. The second kappa shape index (κ2) is 9.58. The normalized spacial score (nSPS) is 11.7. The first-order chi connectivity index (χ1) is 13.2. The molecule has 27 heavy (non-hydrogen) atoms. The van der Waals surface area contributed by atoms with E-state index in [0.717, 1.165) is 21.7 Å². The molecule has 0 saturated carbocycles. The lowest BCUT2D eigenvalue weighted by molar-refractivity contribution is -0.115. The summed E-state index contributed by atoms with van der Waals surface area (Å²) in [4.78, 5) is 17.4. The Hall–Kier alpha value is -2.31. The zero-order valence-electron chi connectivity index (χ0n) is 15.3. The van der Waals surface area contributed by atoms with Gasteiger partial charge in [0.05, 0.1) is 22.6 Å². The standard InChI is InChI=1S/C21H22N2O2S2/c1-3-12-23-18-11-10-17(25-4-2)13-19(18)27-21(23)22-20(24)15-26-14-16-8-6-5-7-9-16/h3,5-11,13H,1,4,12,14-15H2,2H3. The largest absolute Gasteiger partial charge is 0.494 e. The van der Waals surface area contributed by atoms with Crippen molar-refractivity contribution >= 4 is 39.2 Å². The van der Waals surface area contributed by atoms with E-state index < -0.39 is 0 Å². The van der Waals surface area contributed by atoms with E-state index in [1.165, 1.54) is 16.9 Å². The highest BCUT2D eigenvalue weighted by Gasteiger charge is 2.09. The Morgan fingerprint density at radius 3 is 2.85 bits per heavy atom. The third-order valence-corrected chi connectivity index (χ3v) is 5.86. The Labute approximate surface area is 167 Å². The fourth-order valence-corrected chi connectivity index (χ4v) is 4.52. The molecular weight excluding hydrogens is 376 g/mol. The molecule has 0 aliphatic heterocycles. The van der Waals surface area contributed by atoms with Crippen LogP contribution in [0.3, 0.4) is 0 Å². The van der Waals surface area contributed by atoms with Crippen LogP contribution in [0, 0.1) is 0 Å². The van der Waals surface area contributed by atoms with Crippen molar-refractivity contribution in [3.63, 3.8) is 0 Å². The summed E-state index contributed by atoms with van der Waals surface area (Å²) in [7, 11) is 0. The van der Waals surface area contributed by atoms with E-state index in [1.54, 1.807) is 11.8 Å². The van der Waals surface area contributed by atoms with Crippen LogP contribution < -0.4 is 9.54 Å². The van der Waals surface area contributed by atoms with E-state index in [-0.39, 0.29) is 5.91 Å². The molecule has 3 rings (SSSR count). The number of ether oxygens (including phenoxy) is 1. The number of aromatic nitrogens is 1. The summed E-state index contributed by atoms with van der Waals surface area (Å²) in [5.41, 5.74) is 2.24.